The molecule has 2 amide bonds. The normalized spacial score (nSPS) is 16.3. The van der Waals surface area contributed by atoms with Gasteiger partial charge in [0.05, 0.1) is 11.1 Å². The highest BCUT2D eigenvalue weighted by Crippen LogP contribution is 2.53. The lowest BCUT2D eigenvalue weighted by atomic mass is 9.68. The van der Waals surface area contributed by atoms with E-state index in [1.807, 2.05) is 5.32 Å². The van der Waals surface area contributed by atoms with Crippen molar-refractivity contribution in [3.05, 3.63) is 202 Å². The van der Waals surface area contributed by atoms with Gasteiger partial charge in [-0.2, -0.15) is 61.5 Å². The number of hydrogen-bond acceptors (Lipinski definition) is 5. The minimum absolute atomic E-state index is 0.00183. The first kappa shape index (κ1) is 63.5. The third kappa shape index (κ3) is 14.7. The Morgan fingerprint density at radius 1 is 0.512 bits per heavy atom. The van der Waals surface area contributed by atoms with Gasteiger partial charge in [0.2, 0.25) is 0 Å². The summed E-state index contributed by atoms with van der Waals surface area (Å²) in [6, 6.07) is 29.3. The summed E-state index contributed by atoms with van der Waals surface area (Å²) in [4.78, 5) is 23.5. The van der Waals surface area contributed by atoms with Gasteiger partial charge in [0.1, 0.15) is 40.3 Å². The summed E-state index contributed by atoms with van der Waals surface area (Å²) >= 11 is 0. The number of carboxylic acids is 1. The van der Waals surface area contributed by atoms with Gasteiger partial charge >= 0.3 is 49.4 Å². The van der Waals surface area contributed by atoms with Gasteiger partial charge in [0, 0.05) is 18.6 Å². The number of benzene rings is 6. The Hall–Kier alpha value is -7.64. The minimum Gasteiger partial charge on any atom is -0.481 e. The van der Waals surface area contributed by atoms with Gasteiger partial charge in [-0.3, -0.25) is 4.79 Å². The summed E-state index contributed by atoms with van der Waals surface area (Å²) in [5, 5.41) is 12.7. The Kier molecular flexibility index (Phi) is 19.2. The van der Waals surface area contributed by atoms with Crippen LogP contribution in [0, 0.1) is 28.7 Å². The summed E-state index contributed by atoms with van der Waals surface area (Å²) < 4.78 is 247. The van der Waals surface area contributed by atoms with Crippen molar-refractivity contribution in [1.29, 1.82) is 0 Å². The molecule has 5 N–H and O–H groups in total. The third-order valence-corrected chi connectivity index (χ3v) is 13.7. The van der Waals surface area contributed by atoms with E-state index in [1.165, 1.54) is 24.3 Å². The highest BCUT2D eigenvalue weighted by atomic mass is 19.4. The first-order valence-electron chi connectivity index (χ1n) is 24.3. The topological polar surface area (TPSA) is 123 Å². The van der Waals surface area contributed by atoms with Crippen LogP contribution in [0.3, 0.4) is 0 Å². The van der Waals surface area contributed by atoms with Crippen molar-refractivity contribution in [1.82, 2.24) is 10.6 Å². The second kappa shape index (κ2) is 24.8. The molecule has 0 bridgehead atoms. The monoisotopic (exact) mass is 1180 g/mol. The molecular formula is C56H47F18N3O5. The summed E-state index contributed by atoms with van der Waals surface area (Å²) in [7, 11) is 0. The highest BCUT2D eigenvalue weighted by Gasteiger charge is 2.64. The number of rotatable bonds is 17. The molecule has 6 aromatic rings. The average molecular weight is 1180 g/mol. The van der Waals surface area contributed by atoms with Crippen LogP contribution in [-0.4, -0.2) is 60.1 Å². The number of carbonyl (C=O) groups excluding carboxylic acids is 1. The van der Waals surface area contributed by atoms with Crippen LogP contribution in [-0.2, 0) is 28.7 Å². The van der Waals surface area contributed by atoms with E-state index in [0.29, 0.717) is 29.7 Å². The van der Waals surface area contributed by atoms with E-state index in [4.69, 9.17) is 10.8 Å². The van der Waals surface area contributed by atoms with E-state index in [2.05, 4.69) is 14.8 Å². The van der Waals surface area contributed by atoms with Crippen LogP contribution in [0.1, 0.15) is 71.9 Å². The molecule has 0 spiro atoms. The third-order valence-electron chi connectivity index (χ3n) is 13.7. The maximum absolute atomic E-state index is 14.8. The molecule has 442 valence electrons. The quantitative estimate of drug-likeness (QED) is 0.0675. The lowest BCUT2D eigenvalue weighted by molar-refractivity contribution is -0.253. The minimum atomic E-state index is -5.02. The summed E-state index contributed by atoms with van der Waals surface area (Å²) in [5.41, 5.74) is -0.672. The second-order valence-corrected chi connectivity index (χ2v) is 19.2. The van der Waals surface area contributed by atoms with E-state index in [1.54, 1.807) is 60.7 Å². The van der Waals surface area contributed by atoms with Gasteiger partial charge < -0.3 is 30.9 Å². The van der Waals surface area contributed by atoms with Gasteiger partial charge in [0.15, 0.2) is 5.41 Å². The first-order valence-corrected chi connectivity index (χ1v) is 24.3. The molecule has 2 fully saturated rings. The van der Waals surface area contributed by atoms with Gasteiger partial charge in [-0.1, -0.05) is 91.3 Å². The number of carbonyl (C=O) groups is 2. The van der Waals surface area contributed by atoms with Crippen molar-refractivity contribution in [2.24, 2.45) is 11.1 Å². The van der Waals surface area contributed by atoms with E-state index in [-0.39, 0.29) is 48.8 Å². The lowest BCUT2D eigenvalue weighted by Crippen LogP contribution is -2.66. The number of urea groups is 1. The van der Waals surface area contributed by atoms with Crippen LogP contribution in [0.4, 0.5) is 83.8 Å². The van der Waals surface area contributed by atoms with Crippen LogP contribution >= 0.6 is 0 Å². The first-order chi connectivity index (χ1) is 38.2. The number of halogens is 18. The summed E-state index contributed by atoms with van der Waals surface area (Å²) in [6.07, 6.45) is -28.6. The maximum Gasteiger partial charge on any atom is 0.461 e. The molecule has 0 radical (unpaired) electrons. The smallest absolute Gasteiger partial charge is 0.461 e. The molecule has 6 aromatic carbocycles. The fourth-order valence-electron chi connectivity index (χ4n) is 8.98. The summed E-state index contributed by atoms with van der Waals surface area (Å²) in [5.74, 6) is -7.08. The molecule has 2 aliphatic carbocycles. The van der Waals surface area contributed by atoms with Crippen LogP contribution in [0.5, 0.6) is 11.5 Å². The Balaban J connectivity index is 0.000000229. The Labute approximate surface area is 455 Å². The Morgan fingerprint density at radius 3 is 1.29 bits per heavy atom. The van der Waals surface area contributed by atoms with Crippen molar-refractivity contribution < 1.29 is 103 Å². The molecule has 0 heterocycles. The SMILES string of the molecule is N[C@](Cc1ccccc1)(c1ccc(F)cc1)c1cc(F)cc(OC(F)(F)C(F)F)c1.O=C(NC1(C(F)(F)F)CCC1)N[C@](Cc1ccccc1)(c1ccc(F)cc1)c1cc(F)cc(OC(F)(F)C(F)F)c1.O=C(O)C1(C(F)(F)F)CCC1. The van der Waals surface area contributed by atoms with Crippen LogP contribution < -0.4 is 25.8 Å². The molecule has 0 unspecified atom stereocenters. The van der Waals surface area contributed by atoms with Crippen molar-refractivity contribution >= 4 is 12.0 Å². The molecule has 2 atom stereocenters. The molecule has 0 saturated heterocycles. The lowest BCUT2D eigenvalue weighted by Gasteiger charge is -2.45. The number of nitrogens with two attached hydrogens (primary N) is 1. The molecule has 0 aliphatic heterocycles. The molecule has 8 nitrogen and oxygen atoms in total. The average Bonchev–Trinajstić information content (AvgIpc) is 3.38. The van der Waals surface area contributed by atoms with Gasteiger partial charge in [-0.05, 0) is 120 Å². The predicted octanol–water partition coefficient (Wildman–Crippen LogP) is 14.9. The van der Waals surface area contributed by atoms with E-state index in [0.717, 1.165) is 54.1 Å². The largest absolute Gasteiger partial charge is 0.481 e. The standard InChI is InChI=1S/C28H23F9N2O2.C22H17F6NO.C6H7F3O2/c29-20-9-7-18(8-10-20)26(16-17-5-2-1-3-6-17,39-24(40)38-25(11-4-12-25)28(35,36)37)19-13-21(30)15-22(14-19)41-27(33,34)23(31)32;23-17-8-6-15(7-9-17)21(29,13-14-4-2-1-3-5-14)16-10-18(24)12-19(11-16)30-22(27,28)20(25)26;7-6(8,9)5(4(10)11)2-1-3-5/h1-3,5-10,13-15,23H,4,11-12,16H2,(H2,38,39,40);1-12,20H,13,29H2;1-3H2,(H,10,11)/t26-;21-;/m11./s1. The van der Waals surface area contributed by atoms with Crippen LogP contribution in [0.25, 0.3) is 0 Å². The number of ether oxygens (including phenoxy) is 2. The number of aliphatic carboxylic acids is 1. The molecule has 2 aliphatic rings. The zero-order valence-electron chi connectivity index (χ0n) is 42.1. The fraction of sp³-hybridized carbons (Fsp3) is 0.321. The number of nitrogens with one attached hydrogen (secondary N) is 2. The molecule has 0 aromatic heterocycles. The highest BCUT2D eigenvalue weighted by molar-refractivity contribution is 5.78. The Morgan fingerprint density at radius 2 is 0.927 bits per heavy atom. The zero-order chi connectivity index (χ0) is 60.7. The predicted molar refractivity (Wildman–Crippen MR) is 259 cm³/mol. The van der Waals surface area contributed by atoms with Gasteiger partial charge in [0.25, 0.3) is 0 Å². The van der Waals surface area contributed by atoms with Crippen molar-refractivity contribution in [3.63, 3.8) is 0 Å². The van der Waals surface area contributed by atoms with E-state index < -0.39 is 119 Å². The zero-order valence-corrected chi connectivity index (χ0v) is 42.1. The van der Waals surface area contributed by atoms with Gasteiger partial charge in [-0.25, -0.2) is 22.4 Å². The molecule has 82 heavy (non-hydrogen) atoms. The molecule has 2 saturated carbocycles. The molecule has 8 rings (SSSR count). The van der Waals surface area contributed by atoms with Gasteiger partial charge in [-0.15, -0.1) is 0 Å². The number of amides is 2. The number of alkyl halides is 14. The fourth-order valence-corrected chi connectivity index (χ4v) is 8.98. The van der Waals surface area contributed by atoms with Crippen molar-refractivity contribution in [3.8, 4) is 11.5 Å². The van der Waals surface area contributed by atoms with E-state index in [9.17, 15) is 88.6 Å². The molecule has 26 heteroatoms. The second-order valence-electron chi connectivity index (χ2n) is 19.2. The van der Waals surface area contributed by atoms with Crippen molar-refractivity contribution in [2.45, 2.75) is 105 Å². The van der Waals surface area contributed by atoms with E-state index >= 15 is 0 Å². The number of hydrogen-bond donors (Lipinski definition) is 4. The Bertz CT molecular complexity index is 3110. The van der Waals surface area contributed by atoms with Crippen molar-refractivity contribution in [2.75, 3.05) is 0 Å². The molecular weight excluding hydrogens is 1140 g/mol. The summed E-state index contributed by atoms with van der Waals surface area (Å²) in [6.45, 7) is 0. The number of carboxylic acid groups (broad SMARTS) is 1. The van der Waals surface area contributed by atoms with Crippen LogP contribution in [0.15, 0.2) is 146 Å². The van der Waals surface area contributed by atoms with Crippen LogP contribution in [0.2, 0.25) is 0 Å². The maximum atomic E-state index is 14.8.